The van der Waals surface area contributed by atoms with E-state index < -0.39 is 28.7 Å². The van der Waals surface area contributed by atoms with Gasteiger partial charge in [0.2, 0.25) is 0 Å². The molecule has 2 rings (SSSR count). The van der Waals surface area contributed by atoms with Crippen molar-refractivity contribution < 1.29 is 18.0 Å². The van der Waals surface area contributed by atoms with Crippen LogP contribution >= 0.6 is 0 Å². The minimum atomic E-state index is -2.90. The lowest BCUT2D eigenvalue weighted by atomic mass is 9.68. The van der Waals surface area contributed by atoms with Gasteiger partial charge in [-0.3, -0.25) is 4.79 Å². The Labute approximate surface area is 80.7 Å². The quantitative estimate of drug-likeness (QED) is 0.603. The molecule has 0 heterocycles. The number of carbonyl (C=O) groups excluding carboxylic acids is 1. The highest BCUT2D eigenvalue weighted by molar-refractivity contribution is 5.78. The lowest BCUT2D eigenvalue weighted by molar-refractivity contribution is -0.160. The number of halogens is 3. The lowest BCUT2D eigenvalue weighted by Crippen LogP contribution is -2.44. The third-order valence-corrected chi connectivity index (χ3v) is 4.67. The molecule has 0 aromatic carbocycles. The Bertz CT molecular complexity index is 302. The molecule has 1 nitrogen and oxygen atoms in total. The topological polar surface area (TPSA) is 17.1 Å². The largest absolute Gasteiger partial charge is 0.308 e. The van der Waals surface area contributed by atoms with Gasteiger partial charge in [-0.25, -0.2) is 8.78 Å². The zero-order valence-corrected chi connectivity index (χ0v) is 8.24. The summed E-state index contributed by atoms with van der Waals surface area (Å²) in [7, 11) is 0. The molecule has 0 spiro atoms. The number of alkyl halides is 2. The zero-order chi connectivity index (χ0) is 10.8. The van der Waals surface area contributed by atoms with Crippen molar-refractivity contribution in [3.05, 3.63) is 0 Å². The molecule has 80 valence electrons. The lowest BCUT2D eigenvalue weighted by Gasteiger charge is -2.37. The van der Waals surface area contributed by atoms with Crippen LogP contribution < -0.4 is 0 Å². The van der Waals surface area contributed by atoms with Crippen molar-refractivity contribution in [1.29, 1.82) is 0 Å². The van der Waals surface area contributed by atoms with Crippen molar-refractivity contribution in [2.75, 3.05) is 0 Å². The molecule has 0 radical (unpaired) electrons. The summed E-state index contributed by atoms with van der Waals surface area (Å²) in [5.74, 6) is -3.38. The van der Waals surface area contributed by atoms with Crippen molar-refractivity contribution in [3.8, 4) is 0 Å². The highest BCUT2D eigenvalue weighted by Crippen LogP contribution is 2.71. The van der Waals surface area contributed by atoms with Crippen molar-refractivity contribution in [2.24, 2.45) is 16.7 Å². The summed E-state index contributed by atoms with van der Waals surface area (Å²) in [6.45, 7) is 2.70. The Morgan fingerprint density at radius 2 is 1.93 bits per heavy atom. The average Bonchev–Trinajstić information content (AvgIpc) is 2.37. The number of hydrogen-bond donors (Lipinski definition) is 0. The van der Waals surface area contributed by atoms with E-state index in [1.807, 2.05) is 0 Å². The van der Waals surface area contributed by atoms with Crippen LogP contribution in [0, 0.1) is 16.7 Å². The van der Waals surface area contributed by atoms with E-state index in [4.69, 9.17) is 0 Å². The van der Waals surface area contributed by atoms with Crippen LogP contribution in [0.2, 0.25) is 0 Å². The molecule has 0 amide bonds. The van der Waals surface area contributed by atoms with Crippen molar-refractivity contribution in [3.63, 3.8) is 0 Å². The Morgan fingerprint density at radius 3 is 2.14 bits per heavy atom. The van der Waals surface area contributed by atoms with Crippen LogP contribution in [-0.2, 0) is 4.79 Å². The van der Waals surface area contributed by atoms with Gasteiger partial charge >= 0.3 is 6.04 Å². The molecule has 2 bridgehead atoms. The summed E-state index contributed by atoms with van der Waals surface area (Å²) >= 11 is 0. The predicted molar refractivity (Wildman–Crippen MR) is 44.6 cm³/mol. The molecule has 0 saturated heterocycles. The normalized spacial score (nSPS) is 49.6. The summed E-state index contributed by atoms with van der Waals surface area (Å²) < 4.78 is 40.1. The molecular formula is C10H13F3O. The number of fused-ring (bicyclic) bond motifs is 2. The zero-order valence-electron chi connectivity index (χ0n) is 8.24. The van der Waals surface area contributed by atoms with Gasteiger partial charge in [0.25, 0.3) is 5.92 Å². The second-order valence-corrected chi connectivity index (χ2v) is 4.95. The first-order valence-electron chi connectivity index (χ1n) is 4.83. The minimum Gasteiger partial charge on any atom is -0.261 e. The van der Waals surface area contributed by atoms with E-state index in [9.17, 15) is 18.0 Å². The SMILES string of the molecule is C[C@]12CC[C@H](CC1(F)F)[C@@]2(C)C(=O)F. The summed E-state index contributed by atoms with van der Waals surface area (Å²) in [5.41, 5.74) is -2.94. The predicted octanol–water partition coefficient (Wildman–Crippen LogP) is 2.94. The molecule has 14 heavy (non-hydrogen) atoms. The van der Waals surface area contributed by atoms with Crippen LogP contribution in [0.3, 0.4) is 0 Å². The molecule has 0 aromatic heterocycles. The third-order valence-electron chi connectivity index (χ3n) is 4.67. The van der Waals surface area contributed by atoms with Crippen LogP contribution in [0.15, 0.2) is 0 Å². The second kappa shape index (κ2) is 2.34. The summed E-state index contributed by atoms with van der Waals surface area (Å²) in [6, 6.07) is -1.57. The van der Waals surface area contributed by atoms with Gasteiger partial charge in [0, 0.05) is 11.8 Å². The van der Waals surface area contributed by atoms with E-state index in [0.29, 0.717) is 6.42 Å². The van der Waals surface area contributed by atoms with E-state index in [1.165, 1.54) is 13.8 Å². The highest BCUT2D eigenvalue weighted by atomic mass is 19.3. The van der Waals surface area contributed by atoms with Crippen molar-refractivity contribution >= 4 is 6.04 Å². The molecule has 0 aromatic rings. The van der Waals surface area contributed by atoms with Crippen LogP contribution in [0.1, 0.15) is 33.1 Å². The van der Waals surface area contributed by atoms with E-state index in [1.54, 1.807) is 0 Å². The third kappa shape index (κ3) is 0.766. The Kier molecular flexibility index (Phi) is 1.67. The molecule has 0 unspecified atom stereocenters. The van der Waals surface area contributed by atoms with Gasteiger partial charge < -0.3 is 0 Å². The molecular weight excluding hydrogens is 193 g/mol. The number of carbonyl (C=O) groups is 1. The second-order valence-electron chi connectivity index (χ2n) is 4.95. The Balaban J connectivity index is 2.53. The fourth-order valence-electron chi connectivity index (χ4n) is 3.24. The average molecular weight is 206 g/mol. The van der Waals surface area contributed by atoms with Gasteiger partial charge in [0.15, 0.2) is 0 Å². The van der Waals surface area contributed by atoms with Gasteiger partial charge in [-0.05, 0) is 25.7 Å². The maximum atomic E-state index is 13.6. The van der Waals surface area contributed by atoms with Crippen molar-refractivity contribution in [1.82, 2.24) is 0 Å². The van der Waals surface area contributed by atoms with Crippen LogP contribution in [0.25, 0.3) is 0 Å². The first kappa shape index (κ1) is 9.99. The molecule has 2 saturated carbocycles. The first-order valence-corrected chi connectivity index (χ1v) is 4.83. The maximum absolute atomic E-state index is 13.6. The van der Waals surface area contributed by atoms with E-state index >= 15 is 0 Å². The van der Waals surface area contributed by atoms with Crippen LogP contribution in [0.5, 0.6) is 0 Å². The molecule has 0 aliphatic heterocycles. The molecule has 2 fully saturated rings. The van der Waals surface area contributed by atoms with Crippen LogP contribution in [-0.4, -0.2) is 12.0 Å². The number of hydrogen-bond acceptors (Lipinski definition) is 1. The molecule has 4 heteroatoms. The van der Waals surface area contributed by atoms with Gasteiger partial charge in [-0.1, -0.05) is 6.92 Å². The Hall–Kier alpha value is -0.540. The standard InChI is InChI=1S/C10H13F3O/c1-8-4-3-6(5-10(8,12)13)9(8,2)7(11)14/h6H,3-5H2,1-2H3/t6-,8-,9+/m1/s1. The van der Waals surface area contributed by atoms with E-state index in [2.05, 4.69) is 0 Å². The fraction of sp³-hybridized carbons (Fsp3) is 0.900. The molecule has 2 aliphatic carbocycles. The molecule has 0 N–H and O–H groups in total. The fourth-order valence-corrected chi connectivity index (χ4v) is 3.24. The summed E-state index contributed by atoms with van der Waals surface area (Å²) in [6.07, 6.45) is 0.449. The minimum absolute atomic E-state index is 0.247. The molecule has 2 aliphatic rings. The van der Waals surface area contributed by atoms with Gasteiger partial charge in [0.1, 0.15) is 0 Å². The number of rotatable bonds is 1. The maximum Gasteiger partial charge on any atom is 0.308 e. The van der Waals surface area contributed by atoms with Gasteiger partial charge in [0.05, 0.1) is 5.41 Å². The monoisotopic (exact) mass is 206 g/mol. The highest BCUT2D eigenvalue weighted by Gasteiger charge is 2.75. The molecule has 3 atom stereocenters. The van der Waals surface area contributed by atoms with E-state index in [-0.39, 0.29) is 12.8 Å². The smallest absolute Gasteiger partial charge is 0.261 e. The summed E-state index contributed by atoms with van der Waals surface area (Å²) in [5, 5.41) is 0. The Morgan fingerprint density at radius 1 is 1.36 bits per heavy atom. The van der Waals surface area contributed by atoms with Crippen molar-refractivity contribution in [2.45, 2.75) is 39.0 Å². The summed E-state index contributed by atoms with van der Waals surface area (Å²) in [4.78, 5) is 10.9. The van der Waals surface area contributed by atoms with Crippen LogP contribution in [0.4, 0.5) is 13.2 Å². The first-order chi connectivity index (χ1) is 6.26. The van der Waals surface area contributed by atoms with Gasteiger partial charge in [-0.15, -0.1) is 0 Å². The van der Waals surface area contributed by atoms with Gasteiger partial charge in [-0.2, -0.15) is 4.39 Å². The van der Waals surface area contributed by atoms with E-state index in [0.717, 1.165) is 0 Å².